The van der Waals surface area contributed by atoms with Crippen LogP contribution in [0.4, 0.5) is 0 Å². The van der Waals surface area contributed by atoms with Gasteiger partial charge in [-0.1, -0.05) is 12.1 Å². The zero-order valence-electron chi connectivity index (χ0n) is 12.7. The molecule has 0 amide bonds. The molecule has 0 radical (unpaired) electrons. The van der Waals surface area contributed by atoms with Crippen molar-refractivity contribution in [2.45, 2.75) is 26.3 Å². The lowest BCUT2D eigenvalue weighted by Crippen LogP contribution is -2.16. The van der Waals surface area contributed by atoms with Gasteiger partial charge in [0.05, 0.1) is 29.2 Å². The lowest BCUT2D eigenvalue weighted by molar-refractivity contribution is -0.143. The van der Waals surface area contributed by atoms with E-state index in [0.29, 0.717) is 18.5 Å². The lowest BCUT2D eigenvalue weighted by atomic mass is 10.3. The molecule has 120 valence electrons. The normalized spacial score (nSPS) is 11.0. The molecular formula is C16H16N2O4S. The van der Waals surface area contributed by atoms with Crippen molar-refractivity contribution in [1.29, 1.82) is 0 Å². The van der Waals surface area contributed by atoms with Gasteiger partial charge >= 0.3 is 11.7 Å². The number of ether oxygens (including phenoxy) is 1. The van der Waals surface area contributed by atoms with E-state index in [1.54, 1.807) is 10.6 Å². The van der Waals surface area contributed by atoms with Crippen molar-refractivity contribution < 1.29 is 13.9 Å². The van der Waals surface area contributed by atoms with Gasteiger partial charge in [-0.05, 0) is 25.5 Å². The van der Waals surface area contributed by atoms with Crippen LogP contribution in [0.1, 0.15) is 17.1 Å². The van der Waals surface area contributed by atoms with Gasteiger partial charge in [-0.25, -0.2) is 9.78 Å². The van der Waals surface area contributed by atoms with Crippen molar-refractivity contribution in [2.75, 3.05) is 6.61 Å². The van der Waals surface area contributed by atoms with Gasteiger partial charge in [0, 0.05) is 11.9 Å². The minimum atomic E-state index is -0.393. The third-order valence-corrected chi connectivity index (χ3v) is 4.18. The maximum atomic E-state index is 11.8. The van der Waals surface area contributed by atoms with Crippen LogP contribution in [0, 0.1) is 6.92 Å². The number of nitrogens with zero attached hydrogens (tertiary/aromatic N) is 2. The molecule has 2 heterocycles. The average molecular weight is 332 g/mol. The van der Waals surface area contributed by atoms with Crippen LogP contribution < -0.4 is 5.76 Å². The first-order valence-electron chi connectivity index (χ1n) is 7.28. The second-order valence-corrected chi connectivity index (χ2v) is 6.16. The van der Waals surface area contributed by atoms with Gasteiger partial charge in [0.15, 0.2) is 5.58 Å². The van der Waals surface area contributed by atoms with Crippen LogP contribution >= 0.6 is 11.3 Å². The van der Waals surface area contributed by atoms with E-state index in [0.717, 1.165) is 16.2 Å². The summed E-state index contributed by atoms with van der Waals surface area (Å²) in [7, 11) is 0. The number of carbonyl (C=O) groups excluding carboxylic acids is 1. The summed E-state index contributed by atoms with van der Waals surface area (Å²) in [6.07, 6.45) is 0.726. The Kier molecular flexibility index (Phi) is 4.57. The molecule has 0 aliphatic rings. The first-order valence-corrected chi connectivity index (χ1v) is 8.16. The Morgan fingerprint density at radius 3 is 3.00 bits per heavy atom. The number of fused-ring (bicyclic) bond motifs is 1. The Hall–Kier alpha value is -2.41. The fourth-order valence-corrected chi connectivity index (χ4v) is 2.94. The van der Waals surface area contributed by atoms with Crippen molar-refractivity contribution in [3.05, 3.63) is 50.9 Å². The first kappa shape index (κ1) is 15.5. The highest BCUT2D eigenvalue weighted by molar-refractivity contribution is 7.09. The van der Waals surface area contributed by atoms with E-state index in [1.807, 2.05) is 30.5 Å². The lowest BCUT2D eigenvalue weighted by Gasteiger charge is -2.04. The summed E-state index contributed by atoms with van der Waals surface area (Å²) in [5, 5.41) is 2.78. The smallest absolute Gasteiger partial charge is 0.419 e. The maximum absolute atomic E-state index is 11.8. The van der Waals surface area contributed by atoms with Gasteiger partial charge in [-0.15, -0.1) is 11.3 Å². The van der Waals surface area contributed by atoms with Crippen LogP contribution in [0.5, 0.6) is 0 Å². The van der Waals surface area contributed by atoms with Crippen LogP contribution in [0.2, 0.25) is 0 Å². The summed E-state index contributed by atoms with van der Waals surface area (Å²) in [4.78, 5) is 27.7. The number of rotatable bonds is 6. The summed E-state index contributed by atoms with van der Waals surface area (Å²) in [6, 6.07) is 7.25. The number of carbonyl (C=O) groups is 1. The standard InChI is InChI=1S/C16H16N2O4S/c1-11-17-12(10-23-11)9-15(19)21-8-4-7-18-13-5-2-3-6-14(13)22-16(18)20/h2-3,5-6,10H,4,7-9H2,1H3. The second kappa shape index (κ2) is 6.78. The molecule has 6 nitrogen and oxygen atoms in total. The van der Waals surface area contributed by atoms with Gasteiger partial charge in [-0.3, -0.25) is 9.36 Å². The van der Waals surface area contributed by atoms with Gasteiger partial charge in [-0.2, -0.15) is 0 Å². The highest BCUT2D eigenvalue weighted by atomic mass is 32.1. The predicted molar refractivity (Wildman–Crippen MR) is 86.6 cm³/mol. The number of benzene rings is 1. The minimum absolute atomic E-state index is 0.179. The molecule has 0 saturated heterocycles. The van der Waals surface area contributed by atoms with Crippen molar-refractivity contribution in [1.82, 2.24) is 9.55 Å². The average Bonchev–Trinajstić information content (AvgIpc) is 3.06. The first-order chi connectivity index (χ1) is 11.1. The molecule has 1 aromatic carbocycles. The number of aromatic nitrogens is 2. The molecule has 23 heavy (non-hydrogen) atoms. The van der Waals surface area contributed by atoms with E-state index in [-0.39, 0.29) is 19.0 Å². The van der Waals surface area contributed by atoms with E-state index in [2.05, 4.69) is 4.98 Å². The molecule has 0 fully saturated rings. The Balaban J connectivity index is 1.50. The number of oxazole rings is 1. The molecular weight excluding hydrogens is 316 g/mol. The monoisotopic (exact) mass is 332 g/mol. The number of para-hydroxylation sites is 2. The Morgan fingerprint density at radius 2 is 2.22 bits per heavy atom. The summed E-state index contributed by atoms with van der Waals surface area (Å²) in [6.45, 7) is 2.60. The van der Waals surface area contributed by atoms with Crippen molar-refractivity contribution in [3.63, 3.8) is 0 Å². The third kappa shape index (κ3) is 3.68. The van der Waals surface area contributed by atoms with E-state index in [9.17, 15) is 9.59 Å². The summed E-state index contributed by atoms with van der Waals surface area (Å²) in [5.41, 5.74) is 2.05. The Labute approximate surface area is 136 Å². The fourth-order valence-electron chi connectivity index (χ4n) is 2.32. The van der Waals surface area contributed by atoms with E-state index in [1.165, 1.54) is 11.3 Å². The molecule has 0 N–H and O–H groups in total. The Bertz CT molecular complexity index is 877. The molecule has 7 heteroatoms. The van der Waals surface area contributed by atoms with Crippen LogP contribution in [-0.2, 0) is 22.5 Å². The molecule has 0 unspecified atom stereocenters. The van der Waals surface area contributed by atoms with Gasteiger partial charge in [0.1, 0.15) is 0 Å². The molecule has 0 saturated carbocycles. The summed E-state index contributed by atoms with van der Waals surface area (Å²) < 4.78 is 11.9. The van der Waals surface area contributed by atoms with Crippen LogP contribution in [0.3, 0.4) is 0 Å². The maximum Gasteiger partial charge on any atom is 0.419 e. The molecule has 0 aliphatic carbocycles. The molecule has 0 atom stereocenters. The quantitative estimate of drug-likeness (QED) is 0.512. The molecule has 2 aromatic heterocycles. The predicted octanol–water partition coefficient (Wildman–Crippen LogP) is 2.54. The SMILES string of the molecule is Cc1nc(CC(=O)OCCCn2c(=O)oc3ccccc32)cs1. The van der Waals surface area contributed by atoms with Crippen molar-refractivity contribution >= 4 is 28.4 Å². The zero-order valence-corrected chi connectivity index (χ0v) is 13.5. The van der Waals surface area contributed by atoms with Crippen LogP contribution in [-0.4, -0.2) is 22.1 Å². The van der Waals surface area contributed by atoms with Gasteiger partial charge in [0.2, 0.25) is 0 Å². The van der Waals surface area contributed by atoms with E-state index < -0.39 is 5.76 Å². The van der Waals surface area contributed by atoms with Crippen molar-refractivity contribution in [3.8, 4) is 0 Å². The van der Waals surface area contributed by atoms with Gasteiger partial charge < -0.3 is 9.15 Å². The molecule has 0 spiro atoms. The Morgan fingerprint density at radius 1 is 1.39 bits per heavy atom. The molecule has 0 bridgehead atoms. The fraction of sp³-hybridized carbons (Fsp3) is 0.312. The summed E-state index contributed by atoms with van der Waals surface area (Å²) in [5.74, 6) is -0.699. The van der Waals surface area contributed by atoms with Gasteiger partial charge in [0.25, 0.3) is 0 Å². The molecule has 3 rings (SSSR count). The van der Waals surface area contributed by atoms with Crippen LogP contribution in [0.25, 0.3) is 11.1 Å². The number of thiazole rings is 1. The minimum Gasteiger partial charge on any atom is -0.465 e. The third-order valence-electron chi connectivity index (χ3n) is 3.35. The number of esters is 1. The highest BCUT2D eigenvalue weighted by Gasteiger charge is 2.10. The molecule has 3 aromatic rings. The second-order valence-electron chi connectivity index (χ2n) is 5.10. The largest absolute Gasteiger partial charge is 0.465 e. The number of hydrogen-bond acceptors (Lipinski definition) is 6. The highest BCUT2D eigenvalue weighted by Crippen LogP contribution is 2.12. The van der Waals surface area contributed by atoms with Crippen LogP contribution in [0.15, 0.2) is 38.9 Å². The summed E-state index contributed by atoms with van der Waals surface area (Å²) >= 11 is 1.51. The number of hydrogen-bond donors (Lipinski definition) is 0. The van der Waals surface area contributed by atoms with E-state index in [4.69, 9.17) is 9.15 Å². The topological polar surface area (TPSA) is 74.3 Å². The number of aryl methyl sites for hydroxylation is 2. The molecule has 0 aliphatic heterocycles. The van der Waals surface area contributed by atoms with Crippen molar-refractivity contribution in [2.24, 2.45) is 0 Å². The zero-order chi connectivity index (χ0) is 16.2. The van der Waals surface area contributed by atoms with E-state index >= 15 is 0 Å².